The first-order valence-electron chi connectivity index (χ1n) is 9.15. The van der Waals surface area contributed by atoms with E-state index in [0.717, 1.165) is 36.4 Å². The summed E-state index contributed by atoms with van der Waals surface area (Å²) < 4.78 is 8.01. The Morgan fingerprint density at radius 2 is 2.04 bits per heavy atom. The highest BCUT2D eigenvalue weighted by atomic mass is 16.5. The molecule has 25 heavy (non-hydrogen) atoms. The highest BCUT2D eigenvalue weighted by molar-refractivity contribution is 5.96. The van der Waals surface area contributed by atoms with Crippen LogP contribution in [-0.4, -0.2) is 29.2 Å². The highest BCUT2D eigenvalue weighted by Crippen LogP contribution is 2.45. The maximum atomic E-state index is 12.9. The summed E-state index contributed by atoms with van der Waals surface area (Å²) in [5.74, 6) is 0.876. The SMILES string of the molecule is Cc1cc(C(=O)N[C@@H]2[C@@H](Cc3ccccc3)[C@H]3OCC[C@@H]23)c(C)n1C. The van der Waals surface area contributed by atoms with Gasteiger partial charge in [-0.05, 0) is 38.3 Å². The Hall–Kier alpha value is -2.07. The number of benzene rings is 1. The zero-order valence-corrected chi connectivity index (χ0v) is 15.2. The molecular weight excluding hydrogens is 312 g/mol. The first-order valence-corrected chi connectivity index (χ1v) is 9.15. The molecule has 1 N–H and O–H groups in total. The molecule has 1 aliphatic heterocycles. The molecular formula is C21H26N2O2. The van der Waals surface area contributed by atoms with Crippen LogP contribution in [0.3, 0.4) is 0 Å². The Morgan fingerprint density at radius 1 is 1.28 bits per heavy atom. The van der Waals surface area contributed by atoms with E-state index in [4.69, 9.17) is 4.74 Å². The monoisotopic (exact) mass is 338 g/mol. The minimum Gasteiger partial charge on any atom is -0.377 e. The second-order valence-electron chi connectivity index (χ2n) is 7.48. The number of aromatic nitrogens is 1. The molecule has 4 heteroatoms. The van der Waals surface area contributed by atoms with E-state index in [9.17, 15) is 4.79 Å². The van der Waals surface area contributed by atoms with E-state index in [1.807, 2.05) is 33.0 Å². The van der Waals surface area contributed by atoms with Crippen molar-refractivity contribution in [1.82, 2.24) is 9.88 Å². The average Bonchev–Trinajstić information content (AvgIpc) is 3.16. The Kier molecular flexibility index (Phi) is 4.16. The molecule has 1 saturated heterocycles. The molecule has 2 fully saturated rings. The van der Waals surface area contributed by atoms with Gasteiger partial charge >= 0.3 is 0 Å². The third kappa shape index (κ3) is 2.78. The summed E-state index contributed by atoms with van der Waals surface area (Å²) in [5.41, 5.74) is 4.24. The van der Waals surface area contributed by atoms with Crippen LogP contribution in [0.15, 0.2) is 36.4 Å². The van der Waals surface area contributed by atoms with Crippen molar-refractivity contribution in [2.75, 3.05) is 6.61 Å². The Bertz CT molecular complexity index is 781. The number of amides is 1. The maximum Gasteiger partial charge on any atom is 0.253 e. The summed E-state index contributed by atoms with van der Waals surface area (Å²) in [6.45, 7) is 4.86. The van der Waals surface area contributed by atoms with Crippen molar-refractivity contribution in [3.63, 3.8) is 0 Å². The van der Waals surface area contributed by atoms with Crippen molar-refractivity contribution < 1.29 is 9.53 Å². The van der Waals surface area contributed by atoms with Crippen LogP contribution in [0.1, 0.15) is 33.7 Å². The van der Waals surface area contributed by atoms with Gasteiger partial charge in [0.05, 0.1) is 11.7 Å². The summed E-state index contributed by atoms with van der Waals surface area (Å²) in [6, 6.07) is 12.7. The molecule has 4 atom stereocenters. The highest BCUT2D eigenvalue weighted by Gasteiger charge is 2.54. The zero-order valence-electron chi connectivity index (χ0n) is 15.2. The molecule has 4 nitrogen and oxygen atoms in total. The molecule has 132 valence electrons. The van der Waals surface area contributed by atoms with Crippen LogP contribution in [0.4, 0.5) is 0 Å². The van der Waals surface area contributed by atoms with Crippen molar-refractivity contribution in [2.24, 2.45) is 18.9 Å². The summed E-state index contributed by atoms with van der Waals surface area (Å²) in [6.07, 6.45) is 2.30. The normalized spacial score (nSPS) is 27.6. The molecule has 1 saturated carbocycles. The molecule has 1 amide bonds. The van der Waals surface area contributed by atoms with Crippen LogP contribution in [-0.2, 0) is 18.2 Å². The molecule has 1 aliphatic carbocycles. The number of rotatable bonds is 4. The van der Waals surface area contributed by atoms with E-state index in [2.05, 4.69) is 34.1 Å². The van der Waals surface area contributed by atoms with Crippen LogP contribution in [0.2, 0.25) is 0 Å². The quantitative estimate of drug-likeness (QED) is 0.931. The third-order valence-corrected chi connectivity index (χ3v) is 6.16. The van der Waals surface area contributed by atoms with Gasteiger partial charge in [-0.1, -0.05) is 30.3 Å². The lowest BCUT2D eigenvalue weighted by atomic mass is 9.64. The number of ether oxygens (including phenoxy) is 1. The number of aryl methyl sites for hydroxylation is 1. The maximum absolute atomic E-state index is 12.9. The minimum absolute atomic E-state index is 0.0506. The number of hydrogen-bond acceptors (Lipinski definition) is 2. The zero-order chi connectivity index (χ0) is 17.6. The van der Waals surface area contributed by atoms with Gasteiger partial charge in [0.1, 0.15) is 0 Å². The summed E-state index contributed by atoms with van der Waals surface area (Å²) in [5, 5.41) is 3.32. The standard InChI is InChI=1S/C21H26N2O2/c1-13-11-17(14(2)23(13)3)21(24)22-19-16-9-10-25-20(16)18(19)12-15-7-5-4-6-8-15/h4-8,11,16,18-20H,9-10,12H2,1-3H3,(H,22,24)/t16-,18+,19-,20-/m0/s1. The smallest absolute Gasteiger partial charge is 0.253 e. The van der Waals surface area contributed by atoms with E-state index < -0.39 is 0 Å². The number of carbonyl (C=O) groups is 1. The molecule has 0 spiro atoms. The topological polar surface area (TPSA) is 43.3 Å². The summed E-state index contributed by atoms with van der Waals surface area (Å²) >= 11 is 0. The van der Waals surface area contributed by atoms with Crippen molar-refractivity contribution in [3.8, 4) is 0 Å². The van der Waals surface area contributed by atoms with Crippen LogP contribution in [0, 0.1) is 25.7 Å². The molecule has 0 bridgehead atoms. The largest absolute Gasteiger partial charge is 0.377 e. The van der Waals surface area contributed by atoms with Gasteiger partial charge < -0.3 is 14.6 Å². The molecule has 0 radical (unpaired) electrons. The fourth-order valence-electron chi connectivity index (χ4n) is 4.49. The third-order valence-electron chi connectivity index (χ3n) is 6.16. The first kappa shape index (κ1) is 16.4. The van der Waals surface area contributed by atoms with Gasteiger partial charge in [-0.2, -0.15) is 0 Å². The molecule has 0 unspecified atom stereocenters. The van der Waals surface area contributed by atoms with Crippen LogP contribution < -0.4 is 5.32 Å². The fourth-order valence-corrected chi connectivity index (χ4v) is 4.49. The Morgan fingerprint density at radius 3 is 2.72 bits per heavy atom. The number of nitrogens with one attached hydrogen (secondary N) is 1. The van der Waals surface area contributed by atoms with Gasteiger partial charge in [0.25, 0.3) is 5.91 Å². The van der Waals surface area contributed by atoms with E-state index in [0.29, 0.717) is 17.9 Å². The van der Waals surface area contributed by atoms with Crippen LogP contribution in [0.5, 0.6) is 0 Å². The molecule has 1 aromatic carbocycles. The van der Waals surface area contributed by atoms with Gasteiger partial charge in [0.2, 0.25) is 0 Å². The van der Waals surface area contributed by atoms with Crippen LogP contribution in [0.25, 0.3) is 0 Å². The molecule has 1 aromatic heterocycles. The predicted octanol–water partition coefficient (Wildman–Crippen LogP) is 3.02. The number of fused-ring (bicyclic) bond motifs is 1. The molecule has 2 heterocycles. The van der Waals surface area contributed by atoms with E-state index in [1.165, 1.54) is 5.56 Å². The lowest BCUT2D eigenvalue weighted by molar-refractivity contribution is -0.0528. The lowest BCUT2D eigenvalue weighted by Gasteiger charge is -2.48. The summed E-state index contributed by atoms with van der Waals surface area (Å²) in [4.78, 5) is 12.9. The van der Waals surface area contributed by atoms with Crippen molar-refractivity contribution in [2.45, 2.75) is 38.8 Å². The average molecular weight is 338 g/mol. The van der Waals surface area contributed by atoms with Crippen molar-refractivity contribution in [1.29, 1.82) is 0 Å². The van der Waals surface area contributed by atoms with Gasteiger partial charge in [-0.3, -0.25) is 4.79 Å². The predicted molar refractivity (Wildman–Crippen MR) is 97.6 cm³/mol. The number of carbonyl (C=O) groups excluding carboxylic acids is 1. The number of hydrogen-bond donors (Lipinski definition) is 1. The van der Waals surface area contributed by atoms with E-state index in [-0.39, 0.29) is 11.9 Å². The number of nitrogens with zero attached hydrogens (tertiary/aromatic N) is 1. The molecule has 2 aliphatic rings. The van der Waals surface area contributed by atoms with Crippen molar-refractivity contribution >= 4 is 5.91 Å². The Labute approximate surface area is 149 Å². The minimum atomic E-state index is 0.0506. The van der Waals surface area contributed by atoms with Crippen molar-refractivity contribution in [3.05, 3.63) is 58.9 Å². The first-order chi connectivity index (χ1) is 12.1. The van der Waals surface area contributed by atoms with Gasteiger partial charge in [0, 0.05) is 42.9 Å². The lowest BCUT2D eigenvalue weighted by Crippen LogP contribution is -2.62. The fraction of sp³-hybridized carbons (Fsp3) is 0.476. The Balaban J connectivity index is 1.51. The second-order valence-corrected chi connectivity index (χ2v) is 7.48. The van der Waals surface area contributed by atoms with E-state index in [1.54, 1.807) is 0 Å². The van der Waals surface area contributed by atoms with Crippen LogP contribution >= 0.6 is 0 Å². The van der Waals surface area contributed by atoms with Gasteiger partial charge in [-0.15, -0.1) is 0 Å². The second kappa shape index (κ2) is 6.34. The summed E-state index contributed by atoms with van der Waals surface area (Å²) in [7, 11) is 2.00. The van der Waals surface area contributed by atoms with Gasteiger partial charge in [-0.25, -0.2) is 0 Å². The molecule has 4 rings (SSSR count). The van der Waals surface area contributed by atoms with E-state index >= 15 is 0 Å². The van der Waals surface area contributed by atoms with Gasteiger partial charge in [0.15, 0.2) is 0 Å². The molecule has 2 aromatic rings.